The van der Waals surface area contributed by atoms with Gasteiger partial charge in [-0.05, 0) is 24.3 Å². The number of hydrogen-bond donors (Lipinski definition) is 1. The Morgan fingerprint density at radius 2 is 1.50 bits per heavy atom. The number of carboxylic acids is 1. The SMILES string of the molecule is O=C(O)c1c(CN2CCN(CCN3CCOCC3)CC2)n(-c2cccc(F)c2)c(=O)c2ccccc12. The van der Waals surface area contributed by atoms with Gasteiger partial charge in [0.1, 0.15) is 5.82 Å². The first-order valence-electron chi connectivity index (χ1n) is 12.4. The van der Waals surface area contributed by atoms with E-state index in [0.717, 1.165) is 65.6 Å². The lowest BCUT2D eigenvalue weighted by atomic mass is 10.0. The van der Waals surface area contributed by atoms with Crippen molar-refractivity contribution in [3.8, 4) is 5.69 Å². The maximum atomic E-state index is 14.1. The number of rotatable bonds is 7. The van der Waals surface area contributed by atoms with Gasteiger partial charge in [0.05, 0.1) is 30.2 Å². The van der Waals surface area contributed by atoms with E-state index in [0.29, 0.717) is 22.2 Å². The molecule has 1 aromatic heterocycles. The number of ether oxygens (including phenoxy) is 1. The molecule has 0 radical (unpaired) electrons. The Morgan fingerprint density at radius 3 is 2.17 bits per heavy atom. The topological polar surface area (TPSA) is 78.2 Å². The fourth-order valence-electron chi connectivity index (χ4n) is 5.17. The lowest BCUT2D eigenvalue weighted by molar-refractivity contribution is 0.0296. The van der Waals surface area contributed by atoms with Crippen LogP contribution in [-0.2, 0) is 11.3 Å². The lowest BCUT2D eigenvalue weighted by Gasteiger charge is -2.36. The molecule has 0 aliphatic carbocycles. The first-order chi connectivity index (χ1) is 17.5. The minimum Gasteiger partial charge on any atom is -0.478 e. The third-order valence-electron chi connectivity index (χ3n) is 7.14. The molecular weight excluding hydrogens is 463 g/mol. The predicted octanol–water partition coefficient (Wildman–Crippen LogP) is 2.28. The van der Waals surface area contributed by atoms with Crippen LogP contribution >= 0.6 is 0 Å². The number of aromatic carboxylic acids is 1. The Bertz CT molecular complexity index is 1300. The molecule has 2 aromatic carbocycles. The molecule has 0 spiro atoms. The van der Waals surface area contributed by atoms with Crippen LogP contribution in [0.15, 0.2) is 53.3 Å². The summed E-state index contributed by atoms with van der Waals surface area (Å²) in [7, 11) is 0. The van der Waals surface area contributed by atoms with Gasteiger partial charge < -0.3 is 9.84 Å². The zero-order chi connectivity index (χ0) is 25.1. The van der Waals surface area contributed by atoms with Gasteiger partial charge in [0.15, 0.2) is 0 Å². The Balaban J connectivity index is 1.42. The number of halogens is 1. The van der Waals surface area contributed by atoms with Gasteiger partial charge in [-0.2, -0.15) is 0 Å². The van der Waals surface area contributed by atoms with E-state index in [2.05, 4.69) is 14.7 Å². The van der Waals surface area contributed by atoms with Gasteiger partial charge >= 0.3 is 5.97 Å². The molecule has 0 bridgehead atoms. The highest BCUT2D eigenvalue weighted by molar-refractivity contribution is 6.04. The second-order valence-electron chi connectivity index (χ2n) is 9.36. The highest BCUT2D eigenvalue weighted by Gasteiger charge is 2.26. The maximum Gasteiger partial charge on any atom is 0.338 e. The molecule has 9 heteroatoms. The van der Waals surface area contributed by atoms with Crippen LogP contribution in [0.1, 0.15) is 16.1 Å². The first kappa shape index (κ1) is 24.6. The minimum atomic E-state index is -1.10. The van der Waals surface area contributed by atoms with Gasteiger partial charge in [0.2, 0.25) is 0 Å². The second kappa shape index (κ2) is 10.9. The van der Waals surface area contributed by atoms with Crippen molar-refractivity contribution in [1.29, 1.82) is 0 Å². The quantitative estimate of drug-likeness (QED) is 0.540. The summed E-state index contributed by atoms with van der Waals surface area (Å²) < 4.78 is 20.9. The Hall–Kier alpha value is -3.11. The molecule has 0 saturated carbocycles. The van der Waals surface area contributed by atoms with Crippen molar-refractivity contribution in [2.45, 2.75) is 6.54 Å². The molecule has 190 valence electrons. The molecule has 2 aliphatic rings. The van der Waals surface area contributed by atoms with Crippen LogP contribution in [0.25, 0.3) is 16.5 Å². The second-order valence-corrected chi connectivity index (χ2v) is 9.36. The van der Waals surface area contributed by atoms with Gasteiger partial charge in [-0.1, -0.05) is 24.3 Å². The molecule has 36 heavy (non-hydrogen) atoms. The van der Waals surface area contributed by atoms with Gasteiger partial charge in [0.25, 0.3) is 5.56 Å². The molecule has 1 N–H and O–H groups in total. The van der Waals surface area contributed by atoms with Crippen molar-refractivity contribution >= 4 is 16.7 Å². The summed E-state index contributed by atoms with van der Waals surface area (Å²) in [5, 5.41) is 10.9. The summed E-state index contributed by atoms with van der Waals surface area (Å²) in [6.07, 6.45) is 0. The third kappa shape index (κ3) is 5.19. The lowest BCUT2D eigenvalue weighted by Crippen LogP contribution is -2.49. The molecule has 3 heterocycles. The number of aromatic nitrogens is 1. The predicted molar refractivity (Wildman–Crippen MR) is 135 cm³/mol. The van der Waals surface area contributed by atoms with Crippen LogP contribution < -0.4 is 5.56 Å². The van der Waals surface area contributed by atoms with Gasteiger partial charge in [-0.3, -0.25) is 24.1 Å². The van der Waals surface area contributed by atoms with Crippen LogP contribution in [0.5, 0.6) is 0 Å². The number of fused-ring (bicyclic) bond motifs is 1. The number of hydrogen-bond acceptors (Lipinski definition) is 6. The van der Waals surface area contributed by atoms with Crippen molar-refractivity contribution in [2.75, 3.05) is 65.6 Å². The Labute approximate surface area is 209 Å². The van der Waals surface area contributed by atoms with Crippen LogP contribution in [0.3, 0.4) is 0 Å². The van der Waals surface area contributed by atoms with Crippen molar-refractivity contribution in [1.82, 2.24) is 19.3 Å². The minimum absolute atomic E-state index is 0.0872. The molecule has 2 saturated heterocycles. The third-order valence-corrected chi connectivity index (χ3v) is 7.14. The summed E-state index contributed by atoms with van der Waals surface area (Å²) in [6, 6.07) is 12.5. The van der Waals surface area contributed by atoms with E-state index in [1.54, 1.807) is 30.3 Å². The normalized spacial score (nSPS) is 18.0. The van der Waals surface area contributed by atoms with Gasteiger partial charge in [0, 0.05) is 69.7 Å². The number of nitrogens with zero attached hydrogens (tertiary/aromatic N) is 4. The zero-order valence-electron chi connectivity index (χ0n) is 20.2. The van der Waals surface area contributed by atoms with Crippen LogP contribution in [-0.4, -0.2) is 95.9 Å². The number of morpholine rings is 1. The summed E-state index contributed by atoms with van der Waals surface area (Å²) in [4.78, 5) is 33.1. The van der Waals surface area contributed by atoms with Gasteiger partial charge in [-0.15, -0.1) is 0 Å². The number of benzene rings is 2. The van der Waals surface area contributed by atoms with E-state index >= 15 is 0 Å². The Morgan fingerprint density at radius 1 is 0.861 bits per heavy atom. The standard InChI is InChI=1S/C27H31FN4O4/c28-20-4-3-5-21(18-20)32-24(25(27(34)35)22-6-1-2-7-23(22)26(32)33)19-31-12-10-29(11-13-31)8-9-30-14-16-36-17-15-30/h1-7,18H,8-17,19H2,(H,34,35). The van der Waals surface area contributed by atoms with Crippen molar-refractivity contribution < 1.29 is 19.0 Å². The zero-order valence-corrected chi connectivity index (χ0v) is 20.2. The van der Waals surface area contributed by atoms with Crippen molar-refractivity contribution in [2.24, 2.45) is 0 Å². The summed E-state index contributed by atoms with van der Waals surface area (Å²) in [5.41, 5.74) is 0.440. The summed E-state index contributed by atoms with van der Waals surface area (Å²) in [6.45, 7) is 9.05. The highest BCUT2D eigenvalue weighted by atomic mass is 19.1. The summed E-state index contributed by atoms with van der Waals surface area (Å²) >= 11 is 0. The smallest absolute Gasteiger partial charge is 0.338 e. The first-order valence-corrected chi connectivity index (χ1v) is 12.4. The van der Waals surface area contributed by atoms with Crippen LogP contribution in [0, 0.1) is 5.82 Å². The molecule has 2 aliphatic heterocycles. The summed E-state index contributed by atoms with van der Waals surface area (Å²) in [5.74, 6) is -1.58. The highest BCUT2D eigenvalue weighted by Crippen LogP contribution is 2.25. The average Bonchev–Trinajstić information content (AvgIpc) is 2.89. The number of carbonyl (C=O) groups is 1. The fourth-order valence-corrected chi connectivity index (χ4v) is 5.17. The molecule has 0 atom stereocenters. The van der Waals surface area contributed by atoms with E-state index < -0.39 is 11.8 Å². The van der Waals surface area contributed by atoms with Crippen LogP contribution in [0.4, 0.5) is 4.39 Å². The molecule has 8 nitrogen and oxygen atoms in total. The van der Waals surface area contributed by atoms with Crippen molar-refractivity contribution in [3.05, 3.63) is 76.0 Å². The van der Waals surface area contributed by atoms with E-state index in [1.807, 2.05) is 0 Å². The molecule has 0 unspecified atom stereocenters. The van der Waals surface area contributed by atoms with E-state index in [1.165, 1.54) is 22.8 Å². The van der Waals surface area contributed by atoms with Crippen molar-refractivity contribution in [3.63, 3.8) is 0 Å². The van der Waals surface area contributed by atoms with Crippen LogP contribution in [0.2, 0.25) is 0 Å². The molecule has 2 fully saturated rings. The largest absolute Gasteiger partial charge is 0.478 e. The van der Waals surface area contributed by atoms with E-state index in [-0.39, 0.29) is 17.7 Å². The monoisotopic (exact) mass is 494 g/mol. The molecule has 3 aromatic rings. The fraction of sp³-hybridized carbons (Fsp3) is 0.407. The number of piperazine rings is 1. The average molecular weight is 495 g/mol. The van der Waals surface area contributed by atoms with E-state index in [4.69, 9.17) is 4.74 Å². The number of pyridine rings is 1. The number of carboxylic acid groups (broad SMARTS) is 1. The molecular formula is C27H31FN4O4. The van der Waals surface area contributed by atoms with E-state index in [9.17, 15) is 19.1 Å². The Kier molecular flexibility index (Phi) is 7.43. The maximum absolute atomic E-state index is 14.1. The molecule has 5 rings (SSSR count). The van der Waals surface area contributed by atoms with Gasteiger partial charge in [-0.25, -0.2) is 9.18 Å². The molecule has 0 amide bonds.